The van der Waals surface area contributed by atoms with Crippen molar-refractivity contribution in [2.45, 2.75) is 6.61 Å². The van der Waals surface area contributed by atoms with Gasteiger partial charge in [0.1, 0.15) is 13.2 Å². The van der Waals surface area contributed by atoms with Crippen LogP contribution >= 0.6 is 0 Å². The lowest BCUT2D eigenvalue weighted by Gasteiger charge is -2.03. The third kappa shape index (κ3) is 3.96. The molecule has 0 saturated carbocycles. The highest BCUT2D eigenvalue weighted by Gasteiger charge is 2.16. The van der Waals surface area contributed by atoms with Gasteiger partial charge in [-0.1, -0.05) is 43.0 Å². The number of ether oxygens (including phenoxy) is 2. The molecular formula is C12H12O4. The van der Waals surface area contributed by atoms with Crippen molar-refractivity contribution in [3.63, 3.8) is 0 Å². The molecule has 1 rings (SSSR count). The Morgan fingerprint density at radius 3 is 2.38 bits per heavy atom. The second-order valence-corrected chi connectivity index (χ2v) is 2.95. The number of carbonyl (C=O) groups is 2. The molecule has 0 N–H and O–H groups in total. The summed E-state index contributed by atoms with van der Waals surface area (Å²) in [6.45, 7) is 3.41. The predicted octanol–water partition coefficient (Wildman–Crippen LogP) is 1.46. The SMILES string of the molecule is C=CCOC(=O)C(=O)OCc1ccccc1. The average molecular weight is 220 g/mol. The van der Waals surface area contributed by atoms with Crippen molar-refractivity contribution in [3.05, 3.63) is 48.6 Å². The molecule has 0 fully saturated rings. The van der Waals surface area contributed by atoms with E-state index < -0.39 is 11.9 Å². The van der Waals surface area contributed by atoms with Crippen molar-refractivity contribution in [3.8, 4) is 0 Å². The topological polar surface area (TPSA) is 52.6 Å². The summed E-state index contributed by atoms with van der Waals surface area (Å²) < 4.78 is 9.25. The van der Waals surface area contributed by atoms with Crippen molar-refractivity contribution < 1.29 is 19.1 Å². The largest absolute Gasteiger partial charge is 0.453 e. The Labute approximate surface area is 93.5 Å². The van der Waals surface area contributed by atoms with Gasteiger partial charge in [-0.2, -0.15) is 0 Å². The minimum atomic E-state index is -1.00. The Morgan fingerprint density at radius 2 is 1.75 bits per heavy atom. The first-order chi connectivity index (χ1) is 7.74. The number of rotatable bonds is 4. The molecule has 0 atom stereocenters. The van der Waals surface area contributed by atoms with Crippen LogP contribution in [0.4, 0.5) is 0 Å². The monoisotopic (exact) mass is 220 g/mol. The molecule has 1 aromatic rings. The number of benzene rings is 1. The molecule has 0 saturated heterocycles. The second-order valence-electron chi connectivity index (χ2n) is 2.95. The summed E-state index contributed by atoms with van der Waals surface area (Å²) in [5, 5.41) is 0. The van der Waals surface area contributed by atoms with E-state index in [1.807, 2.05) is 18.2 Å². The van der Waals surface area contributed by atoms with E-state index in [4.69, 9.17) is 4.74 Å². The van der Waals surface area contributed by atoms with Crippen molar-refractivity contribution in [2.75, 3.05) is 6.61 Å². The Bertz CT molecular complexity index is 370. The maximum absolute atomic E-state index is 11.1. The zero-order valence-electron chi connectivity index (χ0n) is 8.72. The predicted molar refractivity (Wildman–Crippen MR) is 57.4 cm³/mol. The van der Waals surface area contributed by atoms with Crippen molar-refractivity contribution in [1.82, 2.24) is 0 Å². The Hall–Kier alpha value is -2.10. The third-order valence-electron chi connectivity index (χ3n) is 1.71. The summed E-state index contributed by atoms with van der Waals surface area (Å²) in [4.78, 5) is 22.1. The first-order valence-electron chi connectivity index (χ1n) is 4.72. The second kappa shape index (κ2) is 6.40. The zero-order valence-corrected chi connectivity index (χ0v) is 8.72. The summed E-state index contributed by atoms with van der Waals surface area (Å²) in [6.07, 6.45) is 1.38. The molecule has 0 aliphatic carbocycles. The van der Waals surface area contributed by atoms with Gasteiger partial charge in [0.2, 0.25) is 0 Å². The van der Waals surface area contributed by atoms with Crippen LogP contribution in [0.15, 0.2) is 43.0 Å². The molecule has 0 aliphatic rings. The molecule has 0 unspecified atom stereocenters. The molecule has 4 nitrogen and oxygen atoms in total. The van der Waals surface area contributed by atoms with Crippen LogP contribution in [0, 0.1) is 0 Å². The number of hydrogen-bond acceptors (Lipinski definition) is 4. The first-order valence-corrected chi connectivity index (χ1v) is 4.72. The van der Waals surface area contributed by atoms with Crippen molar-refractivity contribution in [2.24, 2.45) is 0 Å². The summed E-state index contributed by atoms with van der Waals surface area (Å²) in [5.74, 6) is -2.00. The van der Waals surface area contributed by atoms with Crippen LogP contribution in [-0.2, 0) is 25.7 Å². The van der Waals surface area contributed by atoms with Crippen LogP contribution in [0.5, 0.6) is 0 Å². The minimum Gasteiger partial charge on any atom is -0.453 e. The van der Waals surface area contributed by atoms with Gasteiger partial charge in [-0.05, 0) is 5.56 Å². The number of hydrogen-bond donors (Lipinski definition) is 0. The van der Waals surface area contributed by atoms with E-state index in [1.54, 1.807) is 12.1 Å². The highest BCUT2D eigenvalue weighted by molar-refractivity contribution is 6.29. The van der Waals surface area contributed by atoms with E-state index in [-0.39, 0.29) is 13.2 Å². The molecular weight excluding hydrogens is 208 g/mol. The van der Waals surface area contributed by atoms with Gasteiger partial charge in [0, 0.05) is 0 Å². The van der Waals surface area contributed by atoms with Gasteiger partial charge in [0.25, 0.3) is 0 Å². The van der Waals surface area contributed by atoms with Gasteiger partial charge in [-0.15, -0.1) is 0 Å². The first kappa shape index (κ1) is 12.0. The van der Waals surface area contributed by atoms with Crippen LogP contribution in [0.3, 0.4) is 0 Å². The fourth-order valence-corrected chi connectivity index (χ4v) is 0.976. The molecule has 16 heavy (non-hydrogen) atoms. The quantitative estimate of drug-likeness (QED) is 0.438. The Kier molecular flexibility index (Phi) is 4.79. The summed E-state index contributed by atoms with van der Waals surface area (Å²) in [7, 11) is 0. The molecule has 0 heterocycles. The Morgan fingerprint density at radius 1 is 1.12 bits per heavy atom. The van der Waals surface area contributed by atoms with Crippen LogP contribution in [-0.4, -0.2) is 18.5 Å². The summed E-state index contributed by atoms with van der Waals surface area (Å²) in [6, 6.07) is 9.08. The number of esters is 2. The van der Waals surface area contributed by atoms with E-state index in [1.165, 1.54) is 6.08 Å². The molecule has 0 amide bonds. The molecule has 0 aliphatic heterocycles. The Balaban J connectivity index is 2.35. The summed E-state index contributed by atoms with van der Waals surface area (Å²) in [5.41, 5.74) is 0.812. The molecule has 4 heteroatoms. The minimum absolute atomic E-state index is 0.000724. The summed E-state index contributed by atoms with van der Waals surface area (Å²) >= 11 is 0. The fraction of sp³-hybridized carbons (Fsp3) is 0.167. The van der Waals surface area contributed by atoms with Crippen LogP contribution in [0.2, 0.25) is 0 Å². The van der Waals surface area contributed by atoms with Crippen LogP contribution in [0.25, 0.3) is 0 Å². The van der Waals surface area contributed by atoms with Gasteiger partial charge >= 0.3 is 11.9 Å². The van der Waals surface area contributed by atoms with E-state index in [9.17, 15) is 9.59 Å². The zero-order chi connectivity index (χ0) is 11.8. The fourth-order valence-electron chi connectivity index (χ4n) is 0.976. The van der Waals surface area contributed by atoms with Crippen molar-refractivity contribution in [1.29, 1.82) is 0 Å². The van der Waals surface area contributed by atoms with Gasteiger partial charge in [-0.25, -0.2) is 9.59 Å². The highest BCUT2D eigenvalue weighted by Crippen LogP contribution is 2.00. The standard InChI is InChI=1S/C12H12O4/c1-2-8-15-11(13)12(14)16-9-10-6-4-3-5-7-10/h2-7H,1,8-9H2. The lowest BCUT2D eigenvalue weighted by molar-refractivity contribution is -0.167. The lowest BCUT2D eigenvalue weighted by Crippen LogP contribution is -2.20. The molecule has 0 aromatic heterocycles. The van der Waals surface area contributed by atoms with Crippen molar-refractivity contribution >= 4 is 11.9 Å². The third-order valence-corrected chi connectivity index (χ3v) is 1.71. The maximum Gasteiger partial charge on any atom is 0.417 e. The molecule has 84 valence electrons. The lowest BCUT2D eigenvalue weighted by atomic mass is 10.2. The molecule has 0 radical (unpaired) electrons. The van der Waals surface area contributed by atoms with Gasteiger partial charge < -0.3 is 9.47 Å². The molecule has 1 aromatic carbocycles. The van der Waals surface area contributed by atoms with Gasteiger partial charge in [0.15, 0.2) is 0 Å². The van der Waals surface area contributed by atoms with E-state index in [2.05, 4.69) is 11.3 Å². The maximum atomic E-state index is 11.1. The van der Waals surface area contributed by atoms with E-state index in [0.29, 0.717) is 0 Å². The van der Waals surface area contributed by atoms with Gasteiger partial charge in [0.05, 0.1) is 0 Å². The normalized spacial score (nSPS) is 9.25. The molecule has 0 spiro atoms. The highest BCUT2D eigenvalue weighted by atomic mass is 16.6. The smallest absolute Gasteiger partial charge is 0.417 e. The molecule has 0 bridgehead atoms. The average Bonchev–Trinajstić information content (AvgIpc) is 2.34. The van der Waals surface area contributed by atoms with Crippen LogP contribution in [0.1, 0.15) is 5.56 Å². The van der Waals surface area contributed by atoms with Gasteiger partial charge in [-0.3, -0.25) is 0 Å². The van der Waals surface area contributed by atoms with E-state index >= 15 is 0 Å². The van der Waals surface area contributed by atoms with Crippen LogP contribution < -0.4 is 0 Å². The number of carbonyl (C=O) groups excluding carboxylic acids is 2. The van der Waals surface area contributed by atoms with E-state index in [0.717, 1.165) is 5.56 Å².